The maximum Gasteiger partial charge on any atom is 0.234 e. The van der Waals surface area contributed by atoms with E-state index in [0.29, 0.717) is 6.54 Å². The summed E-state index contributed by atoms with van der Waals surface area (Å²) >= 11 is 1.69. The third kappa shape index (κ3) is 4.26. The highest BCUT2D eigenvalue weighted by atomic mass is 32.1. The van der Waals surface area contributed by atoms with Crippen LogP contribution in [0.2, 0.25) is 0 Å². The van der Waals surface area contributed by atoms with Gasteiger partial charge in [0.15, 0.2) is 0 Å². The van der Waals surface area contributed by atoms with E-state index >= 15 is 0 Å². The monoisotopic (exact) mass is 297 g/mol. The number of ether oxygens (including phenoxy) is 1. The van der Waals surface area contributed by atoms with Crippen molar-refractivity contribution in [1.82, 2.24) is 15.6 Å². The molecule has 112 valence electrons. The summed E-state index contributed by atoms with van der Waals surface area (Å²) in [5.74, 6) is 0.0580. The van der Waals surface area contributed by atoms with Crippen molar-refractivity contribution >= 4 is 17.2 Å². The van der Waals surface area contributed by atoms with Gasteiger partial charge in [0.2, 0.25) is 5.91 Å². The van der Waals surface area contributed by atoms with Crippen LogP contribution in [0.3, 0.4) is 0 Å². The van der Waals surface area contributed by atoms with E-state index in [4.69, 9.17) is 4.74 Å². The number of carbonyl (C=O) groups excluding carboxylic acids is 1. The second-order valence-corrected chi connectivity index (χ2v) is 6.47. The summed E-state index contributed by atoms with van der Waals surface area (Å²) in [4.78, 5) is 17.5. The Bertz CT molecular complexity index is 455. The molecule has 1 unspecified atom stereocenters. The molecule has 1 aliphatic rings. The quantitative estimate of drug-likeness (QED) is 0.868. The Morgan fingerprint density at radius 2 is 2.15 bits per heavy atom. The topological polar surface area (TPSA) is 63.2 Å². The molecule has 2 N–H and O–H groups in total. The van der Waals surface area contributed by atoms with Crippen molar-refractivity contribution in [3.05, 3.63) is 15.6 Å². The second kappa shape index (κ2) is 7.15. The summed E-state index contributed by atoms with van der Waals surface area (Å²) in [5.41, 5.74) is 1.05. The van der Waals surface area contributed by atoms with Gasteiger partial charge in [0.25, 0.3) is 0 Å². The van der Waals surface area contributed by atoms with E-state index in [0.717, 1.165) is 36.8 Å². The molecule has 0 spiro atoms. The smallest absolute Gasteiger partial charge is 0.234 e. The normalized spacial score (nSPS) is 17.9. The van der Waals surface area contributed by atoms with Crippen LogP contribution in [0.5, 0.6) is 0 Å². The predicted octanol–water partition coefficient (Wildman–Crippen LogP) is 1.71. The molecule has 0 aromatic carbocycles. The maximum absolute atomic E-state index is 11.9. The van der Waals surface area contributed by atoms with Crippen molar-refractivity contribution in [2.75, 3.05) is 19.8 Å². The number of aromatic nitrogens is 1. The van der Waals surface area contributed by atoms with Crippen LogP contribution < -0.4 is 10.6 Å². The van der Waals surface area contributed by atoms with Crippen LogP contribution in [0.4, 0.5) is 0 Å². The van der Waals surface area contributed by atoms with Crippen molar-refractivity contribution in [2.24, 2.45) is 0 Å². The van der Waals surface area contributed by atoms with Crippen molar-refractivity contribution in [1.29, 1.82) is 0 Å². The van der Waals surface area contributed by atoms with Crippen LogP contribution in [0.25, 0.3) is 0 Å². The van der Waals surface area contributed by atoms with E-state index < -0.39 is 0 Å². The van der Waals surface area contributed by atoms with Gasteiger partial charge >= 0.3 is 0 Å². The first kappa shape index (κ1) is 15.4. The molecule has 2 rings (SSSR count). The first-order valence-electron chi connectivity index (χ1n) is 7.10. The van der Waals surface area contributed by atoms with E-state index in [-0.39, 0.29) is 18.0 Å². The van der Waals surface area contributed by atoms with Crippen molar-refractivity contribution in [3.63, 3.8) is 0 Å². The van der Waals surface area contributed by atoms with Gasteiger partial charge in [-0.15, -0.1) is 11.3 Å². The van der Waals surface area contributed by atoms with E-state index in [2.05, 4.69) is 22.5 Å². The van der Waals surface area contributed by atoms with E-state index in [1.165, 1.54) is 4.88 Å². The molecule has 1 amide bonds. The fourth-order valence-electron chi connectivity index (χ4n) is 2.41. The van der Waals surface area contributed by atoms with E-state index in [1.54, 1.807) is 11.3 Å². The van der Waals surface area contributed by atoms with Gasteiger partial charge in [-0.2, -0.15) is 0 Å². The predicted molar refractivity (Wildman–Crippen MR) is 80.0 cm³/mol. The number of hydrogen-bond acceptors (Lipinski definition) is 5. The molecule has 20 heavy (non-hydrogen) atoms. The summed E-state index contributed by atoms with van der Waals surface area (Å²) in [6, 6.07) is 0.419. The van der Waals surface area contributed by atoms with Crippen molar-refractivity contribution < 1.29 is 9.53 Å². The van der Waals surface area contributed by atoms with Gasteiger partial charge in [0.05, 0.1) is 17.2 Å². The number of rotatable bonds is 5. The standard InChI is InChI=1S/C14H23N3O2S/c1-9(14-10(2)16-11(3)20-14)15-8-13(18)17-12-4-6-19-7-5-12/h9,12,15H,4-8H2,1-3H3,(H,17,18). The molecular formula is C14H23N3O2S. The van der Waals surface area contributed by atoms with E-state index in [1.807, 2.05) is 13.8 Å². The molecule has 6 heteroatoms. The lowest BCUT2D eigenvalue weighted by Crippen LogP contribution is -2.43. The average molecular weight is 297 g/mol. The highest BCUT2D eigenvalue weighted by molar-refractivity contribution is 7.11. The van der Waals surface area contributed by atoms with E-state index in [9.17, 15) is 4.79 Å². The number of carbonyl (C=O) groups is 1. The largest absolute Gasteiger partial charge is 0.381 e. The van der Waals surface area contributed by atoms with Gasteiger partial charge in [0, 0.05) is 30.2 Å². The Kier molecular flexibility index (Phi) is 5.51. The molecule has 2 heterocycles. The molecule has 0 saturated carbocycles. The Hall–Kier alpha value is -0.980. The minimum Gasteiger partial charge on any atom is -0.381 e. The Balaban J connectivity index is 1.76. The molecule has 1 saturated heterocycles. The zero-order valence-corrected chi connectivity index (χ0v) is 13.2. The van der Waals surface area contributed by atoms with Crippen LogP contribution >= 0.6 is 11.3 Å². The molecule has 1 aromatic rings. The summed E-state index contributed by atoms with van der Waals surface area (Å²) in [6.45, 7) is 7.92. The van der Waals surface area contributed by atoms with Gasteiger partial charge in [-0.3, -0.25) is 4.79 Å². The van der Waals surface area contributed by atoms with Crippen LogP contribution in [0.1, 0.15) is 41.4 Å². The first-order chi connectivity index (χ1) is 9.56. The lowest BCUT2D eigenvalue weighted by atomic mass is 10.1. The van der Waals surface area contributed by atoms with Gasteiger partial charge < -0.3 is 15.4 Å². The molecule has 1 aliphatic heterocycles. The van der Waals surface area contributed by atoms with Crippen LogP contribution in [-0.4, -0.2) is 36.7 Å². The first-order valence-corrected chi connectivity index (χ1v) is 7.92. The molecule has 0 aliphatic carbocycles. The molecule has 5 nitrogen and oxygen atoms in total. The molecule has 1 aromatic heterocycles. The molecular weight excluding hydrogens is 274 g/mol. The Morgan fingerprint density at radius 1 is 1.45 bits per heavy atom. The summed E-state index contributed by atoms with van der Waals surface area (Å²) in [6.07, 6.45) is 1.82. The van der Waals surface area contributed by atoms with Crippen molar-refractivity contribution in [3.8, 4) is 0 Å². The molecule has 0 bridgehead atoms. The minimum atomic E-state index is 0.0580. The molecule has 1 fully saturated rings. The minimum absolute atomic E-state index is 0.0580. The third-order valence-corrected chi connectivity index (χ3v) is 4.74. The number of nitrogens with zero attached hydrogens (tertiary/aromatic N) is 1. The van der Waals surface area contributed by atoms with Crippen molar-refractivity contribution in [2.45, 2.75) is 45.7 Å². The molecule has 0 radical (unpaired) electrons. The highest BCUT2D eigenvalue weighted by Crippen LogP contribution is 2.24. The SMILES string of the molecule is Cc1nc(C)c(C(C)NCC(=O)NC2CCOCC2)s1. The highest BCUT2D eigenvalue weighted by Gasteiger charge is 2.17. The molecule has 1 atom stereocenters. The fraction of sp³-hybridized carbons (Fsp3) is 0.714. The van der Waals surface area contributed by atoms with Gasteiger partial charge in [0.1, 0.15) is 0 Å². The zero-order valence-electron chi connectivity index (χ0n) is 12.4. The third-order valence-electron chi connectivity index (χ3n) is 3.49. The number of nitrogens with one attached hydrogen (secondary N) is 2. The summed E-state index contributed by atoms with van der Waals surface area (Å²) in [5, 5.41) is 7.39. The number of hydrogen-bond donors (Lipinski definition) is 2. The second-order valence-electron chi connectivity index (χ2n) is 5.24. The maximum atomic E-state index is 11.9. The number of aryl methyl sites for hydroxylation is 2. The van der Waals surface area contributed by atoms with Crippen LogP contribution in [0.15, 0.2) is 0 Å². The Morgan fingerprint density at radius 3 is 2.75 bits per heavy atom. The van der Waals surface area contributed by atoms with Gasteiger partial charge in [-0.05, 0) is 33.6 Å². The zero-order chi connectivity index (χ0) is 14.5. The summed E-state index contributed by atoms with van der Waals surface area (Å²) < 4.78 is 5.28. The number of thiazole rings is 1. The van der Waals surface area contributed by atoms with Gasteiger partial charge in [-0.25, -0.2) is 4.98 Å². The number of amides is 1. The van der Waals surface area contributed by atoms with Crippen LogP contribution in [-0.2, 0) is 9.53 Å². The lowest BCUT2D eigenvalue weighted by Gasteiger charge is -2.23. The fourth-order valence-corrected chi connectivity index (χ4v) is 3.36. The summed E-state index contributed by atoms with van der Waals surface area (Å²) in [7, 11) is 0. The Labute approximate surface area is 124 Å². The lowest BCUT2D eigenvalue weighted by molar-refractivity contribution is -0.121. The average Bonchev–Trinajstić information content (AvgIpc) is 2.76. The van der Waals surface area contributed by atoms with Gasteiger partial charge in [-0.1, -0.05) is 0 Å². The van der Waals surface area contributed by atoms with Crippen LogP contribution in [0, 0.1) is 13.8 Å².